The molecule has 0 aliphatic rings. The molecule has 0 aromatic heterocycles. The summed E-state index contributed by atoms with van der Waals surface area (Å²) in [4.78, 5) is 11.3. The molecular formula is C9H20N2OS. The molecule has 0 fully saturated rings. The molecule has 13 heavy (non-hydrogen) atoms. The van der Waals surface area contributed by atoms with Gasteiger partial charge in [0.1, 0.15) is 0 Å². The highest BCUT2D eigenvalue weighted by atomic mass is 32.2. The van der Waals surface area contributed by atoms with Gasteiger partial charge in [0.25, 0.3) is 0 Å². The van der Waals surface area contributed by atoms with Gasteiger partial charge >= 0.3 is 0 Å². The summed E-state index contributed by atoms with van der Waals surface area (Å²) in [6.45, 7) is 10.2. The molecule has 0 unspecified atom stereocenters. The summed E-state index contributed by atoms with van der Waals surface area (Å²) in [5, 5.41) is 0. The van der Waals surface area contributed by atoms with E-state index < -0.39 is 5.41 Å². The number of amides is 1. The van der Waals surface area contributed by atoms with E-state index in [1.807, 2.05) is 13.8 Å². The lowest BCUT2D eigenvalue weighted by Gasteiger charge is -2.26. The Hall–Kier alpha value is -0.220. The Balaban J connectivity index is 4.11. The van der Waals surface area contributed by atoms with Crippen molar-refractivity contribution >= 4 is 17.7 Å². The van der Waals surface area contributed by atoms with Crippen molar-refractivity contribution in [2.45, 2.75) is 39.4 Å². The Morgan fingerprint density at radius 1 is 1.31 bits per heavy atom. The minimum Gasteiger partial charge on any atom is -0.294 e. The van der Waals surface area contributed by atoms with E-state index in [4.69, 9.17) is 5.84 Å². The van der Waals surface area contributed by atoms with Gasteiger partial charge < -0.3 is 0 Å². The summed E-state index contributed by atoms with van der Waals surface area (Å²) in [5.74, 6) is 5.76. The molecule has 0 saturated carbocycles. The maximum absolute atomic E-state index is 11.3. The Kier molecular flexibility index (Phi) is 4.26. The SMILES string of the molecule is CC(C)(C)SCC(C)(C)C(=O)NN. The van der Waals surface area contributed by atoms with E-state index in [0.29, 0.717) is 0 Å². The normalized spacial score (nSPS) is 12.8. The second-order valence-electron chi connectivity index (χ2n) is 4.76. The number of nitrogens with two attached hydrogens (primary N) is 1. The Labute approximate surface area is 84.8 Å². The largest absolute Gasteiger partial charge is 0.294 e. The van der Waals surface area contributed by atoms with Crippen LogP contribution in [0.1, 0.15) is 34.6 Å². The van der Waals surface area contributed by atoms with E-state index in [9.17, 15) is 4.79 Å². The first kappa shape index (κ1) is 12.8. The van der Waals surface area contributed by atoms with Gasteiger partial charge in [-0.05, 0) is 0 Å². The highest BCUT2D eigenvalue weighted by molar-refractivity contribution is 8.00. The second-order valence-corrected chi connectivity index (χ2v) is 6.56. The van der Waals surface area contributed by atoms with Crippen LogP contribution in [0, 0.1) is 5.41 Å². The van der Waals surface area contributed by atoms with Crippen molar-refractivity contribution in [2.24, 2.45) is 11.3 Å². The van der Waals surface area contributed by atoms with E-state index in [-0.39, 0.29) is 10.7 Å². The van der Waals surface area contributed by atoms with Crippen LogP contribution < -0.4 is 11.3 Å². The van der Waals surface area contributed by atoms with Crippen molar-refractivity contribution in [2.75, 3.05) is 5.75 Å². The van der Waals surface area contributed by atoms with Crippen molar-refractivity contribution in [3.05, 3.63) is 0 Å². The van der Waals surface area contributed by atoms with Crippen LogP contribution in [0.2, 0.25) is 0 Å². The van der Waals surface area contributed by atoms with Crippen molar-refractivity contribution in [3.8, 4) is 0 Å². The molecule has 0 radical (unpaired) electrons. The van der Waals surface area contributed by atoms with Gasteiger partial charge in [-0.25, -0.2) is 5.84 Å². The fourth-order valence-electron chi connectivity index (χ4n) is 0.658. The minimum atomic E-state index is -0.396. The molecule has 0 aliphatic heterocycles. The molecule has 0 aliphatic carbocycles. The number of nitrogens with one attached hydrogen (secondary N) is 1. The van der Waals surface area contributed by atoms with Crippen LogP contribution in [0.4, 0.5) is 0 Å². The van der Waals surface area contributed by atoms with Gasteiger partial charge in [-0.1, -0.05) is 34.6 Å². The van der Waals surface area contributed by atoms with Gasteiger partial charge in [0.05, 0.1) is 5.41 Å². The zero-order valence-electron chi connectivity index (χ0n) is 9.10. The zero-order valence-corrected chi connectivity index (χ0v) is 9.92. The summed E-state index contributed by atoms with van der Waals surface area (Å²) in [5.41, 5.74) is 1.79. The third kappa shape index (κ3) is 5.16. The van der Waals surface area contributed by atoms with Gasteiger partial charge in [-0.3, -0.25) is 10.2 Å². The molecule has 0 atom stereocenters. The molecule has 4 heteroatoms. The first-order chi connectivity index (χ1) is 5.69. The van der Waals surface area contributed by atoms with E-state index in [1.165, 1.54) is 0 Å². The fraction of sp³-hybridized carbons (Fsp3) is 0.889. The topological polar surface area (TPSA) is 55.1 Å². The van der Waals surface area contributed by atoms with Crippen LogP contribution in [0.3, 0.4) is 0 Å². The highest BCUT2D eigenvalue weighted by Crippen LogP contribution is 2.30. The van der Waals surface area contributed by atoms with Gasteiger partial charge in [0.15, 0.2) is 0 Å². The number of carbonyl (C=O) groups is 1. The molecule has 0 aromatic carbocycles. The number of rotatable bonds is 3. The lowest BCUT2D eigenvalue weighted by Crippen LogP contribution is -2.42. The third-order valence-corrected chi connectivity index (χ3v) is 3.34. The molecule has 0 saturated heterocycles. The Bertz CT molecular complexity index is 185. The van der Waals surface area contributed by atoms with Crippen LogP contribution in [0.5, 0.6) is 0 Å². The molecule has 1 amide bonds. The lowest BCUT2D eigenvalue weighted by molar-refractivity contribution is -0.128. The molecule has 0 rings (SSSR count). The number of thioether (sulfide) groups is 1. The Morgan fingerprint density at radius 3 is 2.08 bits per heavy atom. The van der Waals surface area contributed by atoms with Crippen molar-refractivity contribution in [1.82, 2.24) is 5.43 Å². The van der Waals surface area contributed by atoms with Crippen molar-refractivity contribution in [3.63, 3.8) is 0 Å². The van der Waals surface area contributed by atoms with Crippen LogP contribution in [-0.4, -0.2) is 16.4 Å². The molecule has 3 nitrogen and oxygen atoms in total. The fourth-order valence-corrected chi connectivity index (χ4v) is 1.58. The standard InChI is InChI=1S/C9H20N2OS/c1-8(2,3)13-6-9(4,5)7(12)11-10/h6,10H2,1-5H3,(H,11,12). The quantitative estimate of drug-likeness (QED) is 0.416. The number of hydrogen-bond donors (Lipinski definition) is 2. The van der Waals surface area contributed by atoms with E-state index in [0.717, 1.165) is 5.75 Å². The predicted molar refractivity (Wildman–Crippen MR) is 58.3 cm³/mol. The summed E-state index contributed by atoms with van der Waals surface area (Å²) < 4.78 is 0.187. The number of carbonyl (C=O) groups excluding carboxylic acids is 1. The van der Waals surface area contributed by atoms with E-state index >= 15 is 0 Å². The van der Waals surface area contributed by atoms with E-state index in [2.05, 4.69) is 26.2 Å². The molecule has 0 spiro atoms. The van der Waals surface area contributed by atoms with Crippen LogP contribution >= 0.6 is 11.8 Å². The van der Waals surface area contributed by atoms with Crippen molar-refractivity contribution < 1.29 is 4.79 Å². The summed E-state index contributed by atoms with van der Waals surface area (Å²) >= 11 is 1.77. The molecule has 0 bridgehead atoms. The first-order valence-corrected chi connectivity index (χ1v) is 5.32. The average molecular weight is 204 g/mol. The monoisotopic (exact) mass is 204 g/mol. The van der Waals surface area contributed by atoms with Crippen molar-refractivity contribution in [1.29, 1.82) is 0 Å². The van der Waals surface area contributed by atoms with Gasteiger partial charge in [-0.2, -0.15) is 11.8 Å². The summed E-state index contributed by atoms with van der Waals surface area (Å²) in [7, 11) is 0. The van der Waals surface area contributed by atoms with Gasteiger partial charge in [-0.15, -0.1) is 0 Å². The minimum absolute atomic E-state index is 0.107. The van der Waals surface area contributed by atoms with Crippen LogP contribution in [-0.2, 0) is 4.79 Å². The molecule has 0 heterocycles. The van der Waals surface area contributed by atoms with Gasteiger partial charge in [0, 0.05) is 10.5 Å². The highest BCUT2D eigenvalue weighted by Gasteiger charge is 2.28. The molecular weight excluding hydrogens is 184 g/mol. The number of hydrogen-bond acceptors (Lipinski definition) is 3. The third-order valence-electron chi connectivity index (χ3n) is 1.61. The maximum atomic E-state index is 11.3. The first-order valence-electron chi connectivity index (χ1n) is 4.34. The smallest absolute Gasteiger partial charge is 0.240 e. The average Bonchev–Trinajstić information content (AvgIpc) is 1.98. The Morgan fingerprint density at radius 2 is 1.77 bits per heavy atom. The second kappa shape index (κ2) is 4.33. The molecule has 3 N–H and O–H groups in total. The maximum Gasteiger partial charge on any atom is 0.240 e. The molecule has 78 valence electrons. The zero-order chi connectivity index (χ0) is 10.7. The van der Waals surface area contributed by atoms with Crippen LogP contribution in [0.15, 0.2) is 0 Å². The van der Waals surface area contributed by atoms with Crippen LogP contribution in [0.25, 0.3) is 0 Å². The number of hydrazine groups is 1. The predicted octanol–water partition coefficient (Wildman–Crippen LogP) is 1.53. The summed E-state index contributed by atoms with van der Waals surface area (Å²) in [6, 6.07) is 0. The lowest BCUT2D eigenvalue weighted by atomic mass is 9.96. The van der Waals surface area contributed by atoms with Gasteiger partial charge in [0.2, 0.25) is 5.91 Å². The molecule has 0 aromatic rings. The van der Waals surface area contributed by atoms with E-state index in [1.54, 1.807) is 11.8 Å². The summed E-state index contributed by atoms with van der Waals surface area (Å²) in [6.07, 6.45) is 0.